The van der Waals surface area contributed by atoms with E-state index in [1.54, 1.807) is 6.92 Å². The Bertz CT molecular complexity index is 428. The van der Waals surface area contributed by atoms with E-state index in [2.05, 4.69) is 26.2 Å². The average Bonchev–Trinajstić information content (AvgIpc) is 2.35. The van der Waals surface area contributed by atoms with Gasteiger partial charge in [0.1, 0.15) is 0 Å². The van der Waals surface area contributed by atoms with Gasteiger partial charge in [-0.3, -0.25) is 19.9 Å². The van der Waals surface area contributed by atoms with Crippen LogP contribution in [0.2, 0.25) is 0 Å². The molecule has 0 unspecified atom stereocenters. The van der Waals surface area contributed by atoms with Crippen LogP contribution in [0.1, 0.15) is 26.4 Å². The van der Waals surface area contributed by atoms with E-state index in [9.17, 15) is 9.59 Å². The van der Waals surface area contributed by atoms with Crippen LogP contribution in [-0.4, -0.2) is 16.8 Å². The first-order valence-electron chi connectivity index (χ1n) is 3.62. The van der Waals surface area contributed by atoms with E-state index in [0.29, 0.717) is 21.3 Å². The zero-order chi connectivity index (χ0) is 9.59. The molecule has 0 aliphatic carbocycles. The topological polar surface area (TPSA) is 59.1 Å². The van der Waals surface area contributed by atoms with Gasteiger partial charge >= 0.3 is 0 Å². The fourth-order valence-corrected chi connectivity index (χ4v) is 1.70. The van der Waals surface area contributed by atoms with Crippen molar-refractivity contribution < 1.29 is 9.59 Å². The zero-order valence-electron chi connectivity index (χ0n) is 6.72. The van der Waals surface area contributed by atoms with E-state index in [1.165, 1.54) is 6.20 Å². The Morgan fingerprint density at radius 1 is 1.38 bits per heavy atom. The standard InChI is InChI=1S/C8H5BrN2O2/c1-3-6(9)5-4(2-10-3)7(12)11-8(5)13/h2H,1H3,(H,11,12,13). The van der Waals surface area contributed by atoms with Crippen LogP contribution in [0.4, 0.5) is 0 Å². The minimum atomic E-state index is -0.381. The van der Waals surface area contributed by atoms with Gasteiger partial charge in [0.15, 0.2) is 0 Å². The molecule has 1 aromatic rings. The summed E-state index contributed by atoms with van der Waals surface area (Å²) >= 11 is 3.22. The number of rotatable bonds is 0. The number of hydrogen-bond acceptors (Lipinski definition) is 3. The van der Waals surface area contributed by atoms with Gasteiger partial charge in [0.2, 0.25) is 0 Å². The molecule has 5 heteroatoms. The maximum Gasteiger partial charge on any atom is 0.260 e. The predicted octanol–water partition coefficient (Wildman–Crippen LogP) is 1.04. The van der Waals surface area contributed by atoms with Gasteiger partial charge in [-0.05, 0) is 22.9 Å². The Kier molecular flexibility index (Phi) is 1.69. The minimum absolute atomic E-state index is 0.336. The Labute approximate surface area is 82.5 Å². The second-order valence-corrected chi connectivity index (χ2v) is 3.52. The van der Waals surface area contributed by atoms with E-state index in [-0.39, 0.29) is 11.8 Å². The van der Waals surface area contributed by atoms with Gasteiger partial charge in [-0.2, -0.15) is 0 Å². The lowest BCUT2D eigenvalue weighted by atomic mass is 10.1. The van der Waals surface area contributed by atoms with Crippen LogP contribution in [0, 0.1) is 6.92 Å². The zero-order valence-corrected chi connectivity index (χ0v) is 8.31. The fraction of sp³-hybridized carbons (Fsp3) is 0.125. The molecule has 0 bridgehead atoms. The number of aromatic nitrogens is 1. The van der Waals surface area contributed by atoms with Gasteiger partial charge in [-0.25, -0.2) is 0 Å². The van der Waals surface area contributed by atoms with Crippen molar-refractivity contribution in [1.29, 1.82) is 0 Å². The highest BCUT2D eigenvalue weighted by molar-refractivity contribution is 9.10. The number of hydrogen-bond donors (Lipinski definition) is 1. The van der Waals surface area contributed by atoms with Gasteiger partial charge in [0.25, 0.3) is 11.8 Å². The summed E-state index contributed by atoms with van der Waals surface area (Å²) in [4.78, 5) is 26.4. The molecule has 0 saturated carbocycles. The summed E-state index contributed by atoms with van der Waals surface area (Å²) in [5.74, 6) is -0.745. The molecule has 1 aliphatic heterocycles. The number of carbonyl (C=O) groups excluding carboxylic acids is 2. The third kappa shape index (κ3) is 1.07. The quantitative estimate of drug-likeness (QED) is 0.690. The molecule has 0 radical (unpaired) electrons. The number of pyridine rings is 1. The van der Waals surface area contributed by atoms with Gasteiger partial charge in [0.05, 0.1) is 21.3 Å². The molecule has 1 aliphatic rings. The highest BCUT2D eigenvalue weighted by Crippen LogP contribution is 2.25. The van der Waals surface area contributed by atoms with Crippen molar-refractivity contribution in [2.24, 2.45) is 0 Å². The van der Waals surface area contributed by atoms with Gasteiger partial charge in [-0.1, -0.05) is 0 Å². The van der Waals surface area contributed by atoms with Crippen LogP contribution < -0.4 is 5.32 Å². The molecule has 0 fully saturated rings. The highest BCUT2D eigenvalue weighted by atomic mass is 79.9. The number of halogens is 1. The smallest absolute Gasteiger partial charge is 0.260 e. The van der Waals surface area contributed by atoms with Gasteiger partial charge in [-0.15, -0.1) is 0 Å². The number of nitrogens with zero attached hydrogens (tertiary/aromatic N) is 1. The molecule has 2 heterocycles. The highest BCUT2D eigenvalue weighted by Gasteiger charge is 2.29. The van der Waals surface area contributed by atoms with Crippen molar-refractivity contribution in [3.63, 3.8) is 0 Å². The summed E-state index contributed by atoms with van der Waals surface area (Å²) in [6.45, 7) is 1.76. The second-order valence-electron chi connectivity index (χ2n) is 2.73. The van der Waals surface area contributed by atoms with Crippen molar-refractivity contribution in [2.75, 3.05) is 0 Å². The van der Waals surface area contributed by atoms with Crippen molar-refractivity contribution in [2.45, 2.75) is 6.92 Å². The molecule has 1 N–H and O–H groups in total. The lowest BCUT2D eigenvalue weighted by Crippen LogP contribution is -2.20. The maximum absolute atomic E-state index is 11.3. The van der Waals surface area contributed by atoms with E-state index < -0.39 is 0 Å². The number of fused-ring (bicyclic) bond motifs is 1. The van der Waals surface area contributed by atoms with Gasteiger partial charge in [0, 0.05) is 6.20 Å². The summed E-state index contributed by atoms with van der Waals surface area (Å²) in [5.41, 5.74) is 1.42. The molecule has 2 rings (SSSR count). The van der Waals surface area contributed by atoms with Crippen molar-refractivity contribution in [3.05, 3.63) is 27.5 Å². The Morgan fingerprint density at radius 3 is 2.77 bits per heavy atom. The number of nitrogens with one attached hydrogen (secondary N) is 1. The van der Waals surface area contributed by atoms with Crippen LogP contribution >= 0.6 is 15.9 Å². The normalized spacial score (nSPS) is 14.3. The van der Waals surface area contributed by atoms with E-state index in [0.717, 1.165) is 0 Å². The molecule has 0 atom stereocenters. The molecule has 0 spiro atoms. The van der Waals surface area contributed by atoms with Crippen molar-refractivity contribution >= 4 is 27.7 Å². The predicted molar refractivity (Wildman–Crippen MR) is 48.5 cm³/mol. The van der Waals surface area contributed by atoms with E-state index >= 15 is 0 Å². The molecule has 13 heavy (non-hydrogen) atoms. The number of amides is 2. The molecular formula is C8H5BrN2O2. The lowest BCUT2D eigenvalue weighted by molar-refractivity contribution is 0.0879. The summed E-state index contributed by atoms with van der Waals surface area (Å²) < 4.78 is 0.591. The largest absolute Gasteiger partial charge is 0.288 e. The Morgan fingerprint density at radius 2 is 2.08 bits per heavy atom. The molecule has 1 aromatic heterocycles. The maximum atomic E-state index is 11.3. The average molecular weight is 241 g/mol. The van der Waals surface area contributed by atoms with E-state index in [4.69, 9.17) is 0 Å². The lowest BCUT2D eigenvalue weighted by Gasteiger charge is -1.99. The van der Waals surface area contributed by atoms with Gasteiger partial charge < -0.3 is 0 Å². The molecule has 2 amide bonds. The monoisotopic (exact) mass is 240 g/mol. The van der Waals surface area contributed by atoms with E-state index in [1.807, 2.05) is 0 Å². The summed E-state index contributed by atoms with van der Waals surface area (Å²) in [6, 6.07) is 0. The van der Waals surface area contributed by atoms with Crippen LogP contribution in [0.15, 0.2) is 10.7 Å². The number of carbonyl (C=O) groups is 2. The summed E-state index contributed by atoms with van der Waals surface area (Å²) in [5, 5.41) is 2.20. The Balaban J connectivity index is 2.78. The number of aryl methyl sites for hydroxylation is 1. The molecule has 66 valence electrons. The molecule has 0 saturated heterocycles. The summed E-state index contributed by atoms with van der Waals surface area (Å²) in [6.07, 6.45) is 1.41. The SMILES string of the molecule is Cc1ncc2c(c1Br)C(=O)NC2=O. The Hall–Kier alpha value is -1.23. The second kappa shape index (κ2) is 2.63. The molecule has 0 aromatic carbocycles. The van der Waals surface area contributed by atoms with Crippen LogP contribution in [-0.2, 0) is 0 Å². The first-order chi connectivity index (χ1) is 6.11. The number of imide groups is 1. The third-order valence-corrected chi connectivity index (χ3v) is 2.86. The van der Waals surface area contributed by atoms with Crippen LogP contribution in [0.3, 0.4) is 0 Å². The first-order valence-corrected chi connectivity index (χ1v) is 4.41. The third-order valence-electron chi connectivity index (χ3n) is 1.89. The molecular weight excluding hydrogens is 236 g/mol. The van der Waals surface area contributed by atoms with Crippen LogP contribution in [0.5, 0.6) is 0 Å². The van der Waals surface area contributed by atoms with Crippen molar-refractivity contribution in [1.82, 2.24) is 10.3 Å². The molecule has 4 nitrogen and oxygen atoms in total. The van der Waals surface area contributed by atoms with Crippen LogP contribution in [0.25, 0.3) is 0 Å². The minimum Gasteiger partial charge on any atom is -0.288 e. The summed E-state index contributed by atoms with van der Waals surface area (Å²) in [7, 11) is 0. The van der Waals surface area contributed by atoms with Crippen molar-refractivity contribution in [3.8, 4) is 0 Å². The first kappa shape index (κ1) is 8.37. The fourth-order valence-electron chi connectivity index (χ4n) is 1.21.